The van der Waals surface area contributed by atoms with E-state index in [1.165, 1.54) is 12.1 Å². The minimum Gasteiger partial charge on any atom is -0.502 e. The number of carbonyl (C=O) groups is 1. The first-order chi connectivity index (χ1) is 9.54. The van der Waals surface area contributed by atoms with Crippen LogP contribution in [0, 0.1) is 16.0 Å². The van der Waals surface area contributed by atoms with E-state index >= 15 is 0 Å². The molecule has 1 aromatic carbocycles. The number of nitro benzene ring substituents is 1. The van der Waals surface area contributed by atoms with Gasteiger partial charge in [0.15, 0.2) is 0 Å². The number of piperidine rings is 1. The summed E-state index contributed by atoms with van der Waals surface area (Å²) in [6.45, 7) is 1.06. The zero-order valence-corrected chi connectivity index (χ0v) is 10.9. The normalized spacial score (nSPS) is 16.1. The topological polar surface area (TPSA) is 104 Å². The highest BCUT2D eigenvalue weighted by atomic mass is 16.6. The Morgan fingerprint density at radius 2 is 2.05 bits per heavy atom. The van der Waals surface area contributed by atoms with Crippen LogP contribution in [0.1, 0.15) is 23.2 Å². The average molecular weight is 280 g/mol. The summed E-state index contributed by atoms with van der Waals surface area (Å²) in [7, 11) is 0. The predicted molar refractivity (Wildman–Crippen MR) is 70.5 cm³/mol. The number of para-hydroxylation sites is 1. The Labute approximate surface area is 115 Å². The second kappa shape index (κ2) is 5.87. The molecule has 1 aliphatic rings. The molecule has 0 bridgehead atoms. The Hall–Kier alpha value is -2.15. The summed E-state index contributed by atoms with van der Waals surface area (Å²) >= 11 is 0. The van der Waals surface area contributed by atoms with Gasteiger partial charge in [-0.2, -0.15) is 0 Å². The smallest absolute Gasteiger partial charge is 0.311 e. The van der Waals surface area contributed by atoms with Gasteiger partial charge in [0.1, 0.15) is 0 Å². The van der Waals surface area contributed by atoms with Crippen LogP contribution in [0.2, 0.25) is 0 Å². The lowest BCUT2D eigenvalue weighted by Gasteiger charge is -2.31. The lowest BCUT2D eigenvalue weighted by Crippen LogP contribution is -2.39. The van der Waals surface area contributed by atoms with Gasteiger partial charge < -0.3 is 15.1 Å². The molecule has 1 saturated heterocycles. The molecule has 2 N–H and O–H groups in total. The van der Waals surface area contributed by atoms with E-state index < -0.39 is 22.3 Å². The molecule has 1 aromatic rings. The van der Waals surface area contributed by atoms with Gasteiger partial charge in [0.2, 0.25) is 5.75 Å². The van der Waals surface area contributed by atoms with Crippen LogP contribution in [0.4, 0.5) is 5.69 Å². The Bertz CT molecular complexity index is 523. The number of benzene rings is 1. The van der Waals surface area contributed by atoms with E-state index in [1.807, 2.05) is 0 Å². The van der Waals surface area contributed by atoms with E-state index in [-0.39, 0.29) is 18.1 Å². The zero-order valence-electron chi connectivity index (χ0n) is 10.9. The molecule has 108 valence electrons. The van der Waals surface area contributed by atoms with Crippen molar-refractivity contribution in [3.63, 3.8) is 0 Å². The van der Waals surface area contributed by atoms with Crippen molar-refractivity contribution < 1.29 is 19.9 Å². The highest BCUT2D eigenvalue weighted by Gasteiger charge is 2.27. The van der Waals surface area contributed by atoms with Gasteiger partial charge in [-0.3, -0.25) is 14.9 Å². The van der Waals surface area contributed by atoms with Crippen LogP contribution in [0.5, 0.6) is 5.75 Å². The lowest BCUT2D eigenvalue weighted by molar-refractivity contribution is -0.385. The summed E-state index contributed by atoms with van der Waals surface area (Å²) in [4.78, 5) is 23.8. The summed E-state index contributed by atoms with van der Waals surface area (Å²) in [5.74, 6) is -0.813. The number of aliphatic hydroxyl groups is 1. The molecule has 0 saturated carbocycles. The van der Waals surface area contributed by atoms with E-state index in [2.05, 4.69) is 0 Å². The van der Waals surface area contributed by atoms with Gasteiger partial charge >= 0.3 is 5.69 Å². The van der Waals surface area contributed by atoms with E-state index in [0.29, 0.717) is 25.9 Å². The van der Waals surface area contributed by atoms with E-state index in [4.69, 9.17) is 5.11 Å². The minimum atomic E-state index is -0.718. The van der Waals surface area contributed by atoms with Crippen LogP contribution in [0.25, 0.3) is 0 Å². The third-order valence-corrected chi connectivity index (χ3v) is 3.60. The number of hydrogen-bond acceptors (Lipinski definition) is 5. The molecule has 0 aliphatic carbocycles. The largest absolute Gasteiger partial charge is 0.502 e. The van der Waals surface area contributed by atoms with Crippen LogP contribution < -0.4 is 0 Å². The summed E-state index contributed by atoms with van der Waals surface area (Å²) in [6, 6.07) is 3.92. The van der Waals surface area contributed by atoms with Crippen molar-refractivity contribution in [2.75, 3.05) is 19.7 Å². The lowest BCUT2D eigenvalue weighted by atomic mass is 9.97. The van der Waals surface area contributed by atoms with Crippen molar-refractivity contribution in [2.45, 2.75) is 12.8 Å². The molecular formula is C13H16N2O5. The summed E-state index contributed by atoms with van der Waals surface area (Å²) in [5, 5.41) is 29.6. The summed E-state index contributed by atoms with van der Waals surface area (Å²) in [5.41, 5.74) is -0.525. The number of amides is 1. The van der Waals surface area contributed by atoms with Crippen LogP contribution in [-0.4, -0.2) is 45.6 Å². The number of phenolic OH excluding ortho intramolecular Hbond substituents is 1. The van der Waals surface area contributed by atoms with Crippen molar-refractivity contribution in [1.82, 2.24) is 4.90 Å². The number of rotatable bonds is 3. The number of aromatic hydroxyl groups is 1. The van der Waals surface area contributed by atoms with Crippen LogP contribution in [0.15, 0.2) is 18.2 Å². The molecule has 0 radical (unpaired) electrons. The molecular weight excluding hydrogens is 264 g/mol. The number of hydrogen-bond donors (Lipinski definition) is 2. The maximum atomic E-state index is 12.3. The van der Waals surface area contributed by atoms with Crippen LogP contribution >= 0.6 is 0 Å². The number of nitro groups is 1. The number of phenols is 1. The molecule has 0 unspecified atom stereocenters. The molecule has 1 aliphatic heterocycles. The number of likely N-dealkylation sites (tertiary alicyclic amines) is 1. The Balaban J connectivity index is 2.18. The second-order valence-electron chi connectivity index (χ2n) is 4.85. The summed E-state index contributed by atoms with van der Waals surface area (Å²) < 4.78 is 0. The zero-order chi connectivity index (χ0) is 14.7. The third-order valence-electron chi connectivity index (χ3n) is 3.60. The van der Waals surface area contributed by atoms with Crippen molar-refractivity contribution in [2.24, 2.45) is 5.92 Å². The molecule has 20 heavy (non-hydrogen) atoms. The van der Waals surface area contributed by atoms with Gasteiger partial charge in [0.25, 0.3) is 5.91 Å². The monoisotopic (exact) mass is 280 g/mol. The van der Waals surface area contributed by atoms with Gasteiger partial charge in [-0.05, 0) is 24.8 Å². The van der Waals surface area contributed by atoms with Crippen LogP contribution in [-0.2, 0) is 0 Å². The van der Waals surface area contributed by atoms with Gasteiger partial charge in [-0.25, -0.2) is 0 Å². The molecule has 0 atom stereocenters. The number of carbonyl (C=O) groups excluding carboxylic acids is 1. The molecule has 0 aromatic heterocycles. The molecule has 7 nitrogen and oxygen atoms in total. The average Bonchev–Trinajstić information content (AvgIpc) is 2.46. The van der Waals surface area contributed by atoms with Gasteiger partial charge in [0.05, 0.1) is 10.5 Å². The first-order valence-electron chi connectivity index (χ1n) is 6.41. The maximum absolute atomic E-state index is 12.3. The fourth-order valence-electron chi connectivity index (χ4n) is 2.34. The minimum absolute atomic E-state index is 0.0540. The second-order valence-corrected chi connectivity index (χ2v) is 4.85. The molecule has 0 spiro atoms. The van der Waals surface area contributed by atoms with Gasteiger partial charge in [0, 0.05) is 25.8 Å². The fourth-order valence-corrected chi connectivity index (χ4v) is 2.34. The Morgan fingerprint density at radius 1 is 1.40 bits per heavy atom. The van der Waals surface area contributed by atoms with Crippen molar-refractivity contribution in [3.8, 4) is 5.75 Å². The maximum Gasteiger partial charge on any atom is 0.311 e. The van der Waals surface area contributed by atoms with Crippen molar-refractivity contribution in [3.05, 3.63) is 33.9 Å². The predicted octanol–water partition coefficient (Wildman–Crippen LogP) is 1.14. The fraction of sp³-hybridized carbons (Fsp3) is 0.462. The number of aliphatic hydroxyl groups excluding tert-OH is 1. The van der Waals surface area contributed by atoms with E-state index in [0.717, 1.165) is 6.07 Å². The third kappa shape index (κ3) is 2.72. The highest BCUT2D eigenvalue weighted by Crippen LogP contribution is 2.31. The van der Waals surface area contributed by atoms with E-state index in [1.54, 1.807) is 4.90 Å². The van der Waals surface area contributed by atoms with E-state index in [9.17, 15) is 20.0 Å². The number of nitrogens with zero attached hydrogens (tertiary/aromatic N) is 2. The molecule has 7 heteroatoms. The standard InChI is InChI=1S/C13H16N2O5/c16-8-9-4-6-14(7-5-9)13(18)10-2-1-3-11(12(10)17)15(19)20/h1-3,9,16-17H,4-8H2. The van der Waals surface area contributed by atoms with Crippen LogP contribution in [0.3, 0.4) is 0 Å². The Kier molecular flexibility index (Phi) is 4.19. The molecule has 2 rings (SSSR count). The Morgan fingerprint density at radius 3 is 2.60 bits per heavy atom. The summed E-state index contributed by atoms with van der Waals surface area (Å²) in [6.07, 6.45) is 1.38. The van der Waals surface area contributed by atoms with Gasteiger partial charge in [-0.15, -0.1) is 0 Å². The quantitative estimate of drug-likeness (QED) is 0.638. The van der Waals surface area contributed by atoms with Gasteiger partial charge in [-0.1, -0.05) is 6.07 Å². The SMILES string of the molecule is O=C(c1cccc([N+](=O)[O-])c1O)N1CCC(CO)CC1. The highest BCUT2D eigenvalue weighted by molar-refractivity contribution is 5.98. The first-order valence-corrected chi connectivity index (χ1v) is 6.41. The molecule has 1 amide bonds. The molecule has 1 heterocycles. The first kappa shape index (κ1) is 14.3. The molecule has 1 fully saturated rings. The van der Waals surface area contributed by atoms with Crippen molar-refractivity contribution in [1.29, 1.82) is 0 Å². The van der Waals surface area contributed by atoms with Crippen molar-refractivity contribution >= 4 is 11.6 Å².